The van der Waals surface area contributed by atoms with Crippen molar-refractivity contribution < 1.29 is 0 Å². The molecular formula is C24H20N8S. The van der Waals surface area contributed by atoms with Gasteiger partial charge in [-0.05, 0) is 31.2 Å². The zero-order valence-electron chi connectivity index (χ0n) is 18.3. The Morgan fingerprint density at radius 1 is 0.939 bits per heavy atom. The number of anilines is 1. The van der Waals surface area contributed by atoms with Gasteiger partial charge in [0.15, 0.2) is 11.5 Å². The topological polar surface area (TPSA) is 99.3 Å². The third-order valence-corrected chi connectivity index (χ3v) is 6.65. The van der Waals surface area contributed by atoms with Crippen LogP contribution < -0.4 is 4.90 Å². The number of aryl methyl sites for hydroxylation is 1. The van der Waals surface area contributed by atoms with E-state index >= 15 is 0 Å². The fraction of sp³-hybridized carbons (Fsp3) is 0.125. The van der Waals surface area contributed by atoms with E-state index in [0.29, 0.717) is 11.5 Å². The molecule has 9 heteroatoms. The number of aromatic amines is 2. The summed E-state index contributed by atoms with van der Waals surface area (Å²) in [6.07, 6.45) is 9.18. The Morgan fingerprint density at radius 3 is 2.61 bits per heavy atom. The molecule has 6 heterocycles. The molecule has 2 N–H and O–H groups in total. The van der Waals surface area contributed by atoms with Gasteiger partial charge >= 0.3 is 0 Å². The van der Waals surface area contributed by atoms with E-state index in [4.69, 9.17) is 4.98 Å². The third-order valence-electron chi connectivity index (χ3n) is 5.62. The third kappa shape index (κ3) is 3.33. The Hall–Kier alpha value is -4.11. The number of thiophene rings is 1. The smallest absolute Gasteiger partial charge is 0.181 e. The van der Waals surface area contributed by atoms with Crippen molar-refractivity contribution in [2.24, 2.45) is 0 Å². The molecule has 6 rings (SSSR count). The molecule has 0 aliphatic heterocycles. The second-order valence-corrected chi connectivity index (χ2v) is 9.39. The summed E-state index contributed by atoms with van der Waals surface area (Å²) in [6, 6.07) is 8.40. The maximum Gasteiger partial charge on any atom is 0.181 e. The van der Waals surface area contributed by atoms with Crippen LogP contribution in [0.15, 0.2) is 55.2 Å². The molecule has 0 aliphatic rings. The van der Waals surface area contributed by atoms with Crippen molar-refractivity contribution in [1.29, 1.82) is 0 Å². The zero-order valence-corrected chi connectivity index (χ0v) is 19.1. The number of H-pyrrole nitrogens is 2. The molecule has 0 aliphatic carbocycles. The number of aromatic nitrogens is 7. The Kier molecular flexibility index (Phi) is 4.44. The highest BCUT2D eigenvalue weighted by Gasteiger charge is 2.17. The SMILES string of the molecule is Cc1ccc(-c2cncc3[nH]c(-c4[nH]nc5ncc(-c6cncc(N(C)C)c6)cc45)nc23)s1. The average Bonchev–Trinajstić information content (AvgIpc) is 3.55. The number of hydrogen-bond donors (Lipinski definition) is 2. The zero-order chi connectivity index (χ0) is 22.5. The molecule has 0 bridgehead atoms. The molecule has 33 heavy (non-hydrogen) atoms. The van der Waals surface area contributed by atoms with Gasteiger partial charge in [-0.2, -0.15) is 5.10 Å². The summed E-state index contributed by atoms with van der Waals surface area (Å²) >= 11 is 1.73. The van der Waals surface area contributed by atoms with Crippen LogP contribution in [0, 0.1) is 6.92 Å². The van der Waals surface area contributed by atoms with Crippen LogP contribution in [0.3, 0.4) is 0 Å². The lowest BCUT2D eigenvalue weighted by Gasteiger charge is -2.12. The minimum atomic E-state index is 0.637. The summed E-state index contributed by atoms with van der Waals surface area (Å²) < 4.78 is 0. The molecule has 8 nitrogen and oxygen atoms in total. The summed E-state index contributed by atoms with van der Waals surface area (Å²) in [5.74, 6) is 0.703. The monoisotopic (exact) mass is 452 g/mol. The number of nitrogens with one attached hydrogen (secondary N) is 2. The van der Waals surface area contributed by atoms with E-state index < -0.39 is 0 Å². The summed E-state index contributed by atoms with van der Waals surface area (Å²) in [6.45, 7) is 2.10. The Morgan fingerprint density at radius 2 is 1.79 bits per heavy atom. The minimum Gasteiger partial charge on any atom is -0.376 e. The van der Waals surface area contributed by atoms with Gasteiger partial charge in [0, 0.05) is 59.1 Å². The summed E-state index contributed by atoms with van der Waals surface area (Å²) in [4.78, 5) is 26.1. The lowest BCUT2D eigenvalue weighted by molar-refractivity contribution is 1.09. The van der Waals surface area contributed by atoms with Gasteiger partial charge in [0.1, 0.15) is 11.2 Å². The maximum absolute atomic E-state index is 4.92. The van der Waals surface area contributed by atoms with Crippen LogP contribution in [0.25, 0.3) is 55.2 Å². The Labute approximate surface area is 193 Å². The van der Waals surface area contributed by atoms with Crippen molar-refractivity contribution in [2.45, 2.75) is 6.92 Å². The highest BCUT2D eigenvalue weighted by molar-refractivity contribution is 7.15. The second-order valence-electron chi connectivity index (χ2n) is 8.10. The molecule has 0 atom stereocenters. The summed E-state index contributed by atoms with van der Waals surface area (Å²) in [7, 11) is 4.00. The van der Waals surface area contributed by atoms with E-state index in [9.17, 15) is 0 Å². The van der Waals surface area contributed by atoms with E-state index in [1.165, 1.54) is 4.88 Å². The van der Waals surface area contributed by atoms with Crippen molar-refractivity contribution in [3.63, 3.8) is 0 Å². The highest BCUT2D eigenvalue weighted by Crippen LogP contribution is 2.34. The summed E-state index contributed by atoms with van der Waals surface area (Å²) in [5.41, 5.74) is 7.20. The summed E-state index contributed by atoms with van der Waals surface area (Å²) in [5, 5.41) is 8.40. The fourth-order valence-electron chi connectivity index (χ4n) is 3.88. The average molecular weight is 453 g/mol. The van der Waals surface area contributed by atoms with E-state index in [1.54, 1.807) is 17.5 Å². The molecule has 0 unspecified atom stereocenters. The van der Waals surface area contributed by atoms with Crippen molar-refractivity contribution in [3.8, 4) is 33.1 Å². The Bertz CT molecular complexity index is 1620. The molecule has 0 spiro atoms. The first kappa shape index (κ1) is 19.6. The number of fused-ring (bicyclic) bond motifs is 2. The van der Waals surface area contributed by atoms with Crippen LogP contribution in [-0.2, 0) is 0 Å². The van der Waals surface area contributed by atoms with Crippen molar-refractivity contribution in [2.75, 3.05) is 19.0 Å². The molecule has 0 amide bonds. The van der Waals surface area contributed by atoms with Gasteiger partial charge in [-0.15, -0.1) is 11.3 Å². The van der Waals surface area contributed by atoms with Gasteiger partial charge in [0.25, 0.3) is 0 Å². The number of pyridine rings is 3. The van der Waals surface area contributed by atoms with Gasteiger partial charge in [-0.1, -0.05) is 0 Å². The number of imidazole rings is 1. The first-order valence-corrected chi connectivity index (χ1v) is 11.3. The van der Waals surface area contributed by atoms with Crippen molar-refractivity contribution in [1.82, 2.24) is 35.1 Å². The van der Waals surface area contributed by atoms with Gasteiger partial charge < -0.3 is 9.88 Å². The lowest BCUT2D eigenvalue weighted by Crippen LogP contribution is -2.08. The van der Waals surface area contributed by atoms with Crippen LogP contribution in [0.1, 0.15) is 4.88 Å². The highest BCUT2D eigenvalue weighted by atomic mass is 32.1. The molecule has 6 aromatic rings. The van der Waals surface area contributed by atoms with E-state index in [2.05, 4.69) is 61.3 Å². The molecular weight excluding hydrogens is 432 g/mol. The van der Waals surface area contributed by atoms with Crippen LogP contribution in [-0.4, -0.2) is 49.2 Å². The largest absolute Gasteiger partial charge is 0.376 e. The van der Waals surface area contributed by atoms with E-state index in [-0.39, 0.29) is 0 Å². The number of rotatable bonds is 4. The van der Waals surface area contributed by atoms with Gasteiger partial charge in [0.2, 0.25) is 0 Å². The molecule has 0 fully saturated rings. The van der Waals surface area contributed by atoms with E-state index in [1.807, 2.05) is 43.8 Å². The molecule has 0 aromatic carbocycles. The maximum atomic E-state index is 4.92. The van der Waals surface area contributed by atoms with E-state index in [0.717, 1.165) is 49.4 Å². The number of nitrogens with zero attached hydrogens (tertiary/aromatic N) is 6. The van der Waals surface area contributed by atoms with Crippen LogP contribution in [0.5, 0.6) is 0 Å². The van der Waals surface area contributed by atoms with Crippen molar-refractivity contribution in [3.05, 3.63) is 60.1 Å². The van der Waals surface area contributed by atoms with Crippen LogP contribution >= 0.6 is 11.3 Å². The molecule has 6 aromatic heterocycles. The van der Waals surface area contributed by atoms with Gasteiger partial charge in [-0.3, -0.25) is 15.1 Å². The fourth-order valence-corrected chi connectivity index (χ4v) is 4.76. The Balaban J connectivity index is 1.48. The quantitative estimate of drug-likeness (QED) is 0.388. The second kappa shape index (κ2) is 7.49. The normalized spacial score (nSPS) is 11.5. The van der Waals surface area contributed by atoms with Crippen LogP contribution in [0.2, 0.25) is 0 Å². The predicted octanol–water partition coefficient (Wildman–Crippen LogP) is 5.06. The predicted molar refractivity (Wildman–Crippen MR) is 132 cm³/mol. The standard InChI is InChI=1S/C24H20N8S/c1-13-4-5-20(33-13)18-11-26-12-19-21(18)29-24(28-19)22-17-7-15(9-27-23(17)31-30-22)14-6-16(32(2)3)10-25-8-14/h4-12H,1-3H3,(H,28,29)(H,27,30,31). The molecule has 0 saturated heterocycles. The van der Waals surface area contributed by atoms with Gasteiger partial charge in [0.05, 0.1) is 29.0 Å². The lowest BCUT2D eigenvalue weighted by atomic mass is 10.1. The minimum absolute atomic E-state index is 0.637. The van der Waals surface area contributed by atoms with Gasteiger partial charge in [-0.25, -0.2) is 9.97 Å². The molecule has 162 valence electrons. The van der Waals surface area contributed by atoms with Crippen LogP contribution in [0.4, 0.5) is 5.69 Å². The molecule has 0 saturated carbocycles. The number of hydrogen-bond acceptors (Lipinski definition) is 7. The first-order valence-electron chi connectivity index (χ1n) is 10.4. The van der Waals surface area contributed by atoms with Crippen molar-refractivity contribution >= 4 is 39.1 Å². The first-order chi connectivity index (χ1) is 16.1. The molecule has 0 radical (unpaired) electrons.